The summed E-state index contributed by atoms with van der Waals surface area (Å²) in [6, 6.07) is 0.695. The Morgan fingerprint density at radius 3 is 2.16 bits per heavy atom. The van der Waals surface area contributed by atoms with E-state index in [9.17, 15) is 4.79 Å². The Balaban J connectivity index is 1.28. The maximum Gasteiger partial charge on any atom is 0.216 e. The molecule has 3 fully saturated rings. The second-order valence-electron chi connectivity index (χ2n) is 8.88. The van der Waals surface area contributed by atoms with E-state index >= 15 is 0 Å². The normalized spacial score (nSPS) is 31.6. The van der Waals surface area contributed by atoms with Crippen molar-refractivity contribution in [3.63, 3.8) is 0 Å². The van der Waals surface area contributed by atoms with Crippen molar-refractivity contribution in [3.05, 3.63) is 0 Å². The lowest BCUT2D eigenvalue weighted by Gasteiger charge is -2.37. The third-order valence-corrected chi connectivity index (χ3v) is 6.65. The Hall–Kier alpha value is -0.650. The summed E-state index contributed by atoms with van der Waals surface area (Å²) in [6.07, 6.45) is 3.95. The minimum Gasteiger partial charge on any atom is -0.356 e. The minimum absolute atomic E-state index is 0.118. The SMILES string of the molecule is CC(=O)NCC1CC2CN(CCCN3CCN(C(C)C)CC3)CC2C1. The average molecular weight is 351 g/mol. The standard InChI is InChI=1S/C20H38N4O/c1-16(2)24-9-7-22(8-10-24)5-4-6-23-14-19-11-18(12-20(19)15-23)13-21-17(3)25/h16,18-20H,4-15H2,1-3H3,(H,21,25). The number of carbonyl (C=O) groups is 1. The van der Waals surface area contributed by atoms with E-state index in [0.717, 1.165) is 24.3 Å². The summed E-state index contributed by atoms with van der Waals surface area (Å²) in [5, 5.41) is 3.01. The van der Waals surface area contributed by atoms with E-state index < -0.39 is 0 Å². The third-order valence-electron chi connectivity index (χ3n) is 6.65. The van der Waals surface area contributed by atoms with Crippen LogP contribution in [0.3, 0.4) is 0 Å². The van der Waals surface area contributed by atoms with Crippen LogP contribution in [0.1, 0.15) is 40.0 Å². The Labute approximate surface area is 154 Å². The highest BCUT2D eigenvalue weighted by Gasteiger charge is 2.40. The molecule has 0 bridgehead atoms. The van der Waals surface area contributed by atoms with Gasteiger partial charge in [0, 0.05) is 58.8 Å². The first-order valence-corrected chi connectivity index (χ1v) is 10.4. The number of piperazine rings is 1. The predicted octanol–water partition coefficient (Wildman–Crippen LogP) is 1.50. The number of fused-ring (bicyclic) bond motifs is 1. The van der Waals surface area contributed by atoms with Crippen molar-refractivity contribution in [3.8, 4) is 0 Å². The van der Waals surface area contributed by atoms with E-state index in [1.54, 1.807) is 6.92 Å². The highest BCUT2D eigenvalue weighted by molar-refractivity contribution is 5.72. The molecule has 5 heteroatoms. The molecule has 1 saturated carbocycles. The number of hydrogen-bond acceptors (Lipinski definition) is 4. The van der Waals surface area contributed by atoms with E-state index in [1.807, 2.05) is 0 Å². The van der Waals surface area contributed by atoms with E-state index in [1.165, 1.54) is 71.6 Å². The quantitative estimate of drug-likeness (QED) is 0.755. The molecule has 2 saturated heterocycles. The lowest BCUT2D eigenvalue weighted by molar-refractivity contribution is -0.119. The van der Waals surface area contributed by atoms with Crippen LogP contribution >= 0.6 is 0 Å². The summed E-state index contributed by atoms with van der Waals surface area (Å²) < 4.78 is 0. The summed E-state index contributed by atoms with van der Waals surface area (Å²) in [5.41, 5.74) is 0. The van der Waals surface area contributed by atoms with Gasteiger partial charge in [0.2, 0.25) is 5.91 Å². The number of rotatable bonds is 7. The monoisotopic (exact) mass is 350 g/mol. The van der Waals surface area contributed by atoms with Gasteiger partial charge in [0.05, 0.1) is 0 Å². The molecule has 0 spiro atoms. The highest BCUT2D eigenvalue weighted by atomic mass is 16.1. The number of likely N-dealkylation sites (tertiary alicyclic amines) is 1. The molecule has 0 radical (unpaired) electrons. The van der Waals surface area contributed by atoms with Crippen molar-refractivity contribution in [2.75, 3.05) is 58.9 Å². The van der Waals surface area contributed by atoms with E-state index in [4.69, 9.17) is 0 Å². The number of nitrogens with zero attached hydrogens (tertiary/aromatic N) is 3. The van der Waals surface area contributed by atoms with Crippen LogP contribution in [0.5, 0.6) is 0 Å². The van der Waals surface area contributed by atoms with Crippen LogP contribution in [-0.4, -0.2) is 85.6 Å². The maximum absolute atomic E-state index is 11.1. The summed E-state index contributed by atoms with van der Waals surface area (Å²) in [5.74, 6) is 2.60. The topological polar surface area (TPSA) is 38.8 Å². The van der Waals surface area contributed by atoms with Crippen molar-refractivity contribution < 1.29 is 4.79 Å². The molecule has 0 aromatic heterocycles. The number of carbonyl (C=O) groups excluding carboxylic acids is 1. The summed E-state index contributed by atoms with van der Waals surface area (Å²) in [4.78, 5) is 19.0. The molecule has 3 aliphatic rings. The van der Waals surface area contributed by atoms with Gasteiger partial charge in [-0.15, -0.1) is 0 Å². The van der Waals surface area contributed by atoms with Crippen molar-refractivity contribution in [2.45, 2.75) is 46.1 Å². The smallest absolute Gasteiger partial charge is 0.216 e. The van der Waals surface area contributed by atoms with Crippen molar-refractivity contribution in [2.24, 2.45) is 17.8 Å². The lowest BCUT2D eigenvalue weighted by Crippen LogP contribution is -2.49. The predicted molar refractivity (Wildman–Crippen MR) is 103 cm³/mol. The van der Waals surface area contributed by atoms with Gasteiger partial charge in [-0.1, -0.05) is 0 Å². The van der Waals surface area contributed by atoms with Crippen LogP contribution in [0.4, 0.5) is 0 Å². The van der Waals surface area contributed by atoms with Gasteiger partial charge >= 0.3 is 0 Å². The molecular formula is C20H38N4O. The van der Waals surface area contributed by atoms with E-state index in [2.05, 4.69) is 33.9 Å². The Morgan fingerprint density at radius 2 is 1.60 bits per heavy atom. The zero-order valence-electron chi connectivity index (χ0n) is 16.5. The second kappa shape index (κ2) is 8.83. The van der Waals surface area contributed by atoms with Crippen LogP contribution in [0.2, 0.25) is 0 Å². The first-order valence-electron chi connectivity index (χ1n) is 10.4. The fourth-order valence-corrected chi connectivity index (χ4v) is 5.18. The van der Waals surface area contributed by atoms with Crippen LogP contribution in [-0.2, 0) is 4.79 Å². The summed E-state index contributed by atoms with van der Waals surface area (Å²) in [7, 11) is 0. The first-order chi connectivity index (χ1) is 12.0. The molecule has 2 aliphatic heterocycles. The fraction of sp³-hybridized carbons (Fsp3) is 0.950. The molecule has 0 aromatic carbocycles. The highest BCUT2D eigenvalue weighted by Crippen LogP contribution is 2.41. The molecule has 1 amide bonds. The molecule has 1 N–H and O–H groups in total. The molecule has 2 unspecified atom stereocenters. The van der Waals surface area contributed by atoms with E-state index in [0.29, 0.717) is 6.04 Å². The summed E-state index contributed by atoms with van der Waals surface area (Å²) in [6.45, 7) is 17.2. The Morgan fingerprint density at radius 1 is 1.00 bits per heavy atom. The van der Waals surface area contributed by atoms with Gasteiger partial charge in [0.25, 0.3) is 0 Å². The minimum atomic E-state index is 0.118. The molecule has 0 aromatic rings. The van der Waals surface area contributed by atoms with Gasteiger partial charge in [-0.05, 0) is 64.0 Å². The molecule has 2 atom stereocenters. The van der Waals surface area contributed by atoms with Gasteiger partial charge in [-0.3, -0.25) is 9.69 Å². The van der Waals surface area contributed by atoms with Crippen LogP contribution in [0.25, 0.3) is 0 Å². The molecule has 144 valence electrons. The molecular weight excluding hydrogens is 312 g/mol. The van der Waals surface area contributed by atoms with Gasteiger partial charge in [0.1, 0.15) is 0 Å². The summed E-state index contributed by atoms with van der Waals surface area (Å²) >= 11 is 0. The van der Waals surface area contributed by atoms with E-state index in [-0.39, 0.29) is 5.91 Å². The van der Waals surface area contributed by atoms with Gasteiger partial charge in [0.15, 0.2) is 0 Å². The molecule has 5 nitrogen and oxygen atoms in total. The number of hydrogen-bond donors (Lipinski definition) is 1. The first kappa shape index (κ1) is 19.1. The lowest BCUT2D eigenvalue weighted by atomic mass is 10.0. The molecule has 2 heterocycles. The van der Waals surface area contributed by atoms with Gasteiger partial charge < -0.3 is 15.1 Å². The number of nitrogens with one attached hydrogen (secondary N) is 1. The average Bonchev–Trinajstić information content (AvgIpc) is 3.11. The zero-order valence-corrected chi connectivity index (χ0v) is 16.5. The number of amides is 1. The van der Waals surface area contributed by atoms with Gasteiger partial charge in [-0.25, -0.2) is 0 Å². The van der Waals surface area contributed by atoms with Crippen molar-refractivity contribution in [1.82, 2.24) is 20.0 Å². The van der Waals surface area contributed by atoms with Crippen molar-refractivity contribution in [1.29, 1.82) is 0 Å². The largest absolute Gasteiger partial charge is 0.356 e. The van der Waals surface area contributed by atoms with Crippen LogP contribution < -0.4 is 5.32 Å². The van der Waals surface area contributed by atoms with Gasteiger partial charge in [-0.2, -0.15) is 0 Å². The fourth-order valence-electron chi connectivity index (χ4n) is 5.18. The Bertz CT molecular complexity index is 419. The molecule has 3 rings (SSSR count). The van der Waals surface area contributed by atoms with Crippen molar-refractivity contribution >= 4 is 5.91 Å². The molecule has 1 aliphatic carbocycles. The van der Waals surface area contributed by atoms with Crippen LogP contribution in [0.15, 0.2) is 0 Å². The third kappa shape index (κ3) is 5.41. The van der Waals surface area contributed by atoms with Crippen LogP contribution in [0, 0.1) is 17.8 Å². The molecule has 25 heavy (non-hydrogen) atoms. The maximum atomic E-state index is 11.1. The second-order valence-corrected chi connectivity index (χ2v) is 8.88. The Kier molecular flexibility index (Phi) is 6.75. The zero-order chi connectivity index (χ0) is 17.8.